The first-order valence-electron chi connectivity index (χ1n) is 7.86. The number of hydrogen-bond donors (Lipinski definition) is 1. The molecule has 1 aliphatic carbocycles. The van der Waals surface area contributed by atoms with Gasteiger partial charge in [-0.05, 0) is 55.0 Å². The Hall–Kier alpha value is -2.98. The predicted molar refractivity (Wildman–Crippen MR) is 96.4 cm³/mol. The standard InChI is InChI=1S/C18H15N3O3S/c19-11-15-14-3-1-2-4-16(14)25-18(15)20-17(22)10-7-12-5-8-13(9-6-12)21(23)24/h5-10H,1-4H2,(H,20,22)/b10-7+. The molecule has 0 radical (unpaired) electrons. The molecule has 0 spiro atoms. The van der Waals surface area contributed by atoms with Crippen molar-refractivity contribution < 1.29 is 9.72 Å². The molecule has 1 aromatic carbocycles. The highest BCUT2D eigenvalue weighted by Gasteiger charge is 2.21. The highest BCUT2D eigenvalue weighted by Crippen LogP contribution is 2.37. The summed E-state index contributed by atoms with van der Waals surface area (Å²) in [5.41, 5.74) is 2.35. The van der Waals surface area contributed by atoms with Gasteiger partial charge in [-0.2, -0.15) is 5.26 Å². The van der Waals surface area contributed by atoms with Crippen LogP contribution in [-0.4, -0.2) is 10.8 Å². The van der Waals surface area contributed by atoms with Crippen molar-refractivity contribution in [1.29, 1.82) is 5.26 Å². The number of fused-ring (bicyclic) bond motifs is 1. The molecule has 0 bridgehead atoms. The van der Waals surface area contributed by atoms with Gasteiger partial charge in [0.15, 0.2) is 0 Å². The maximum atomic E-state index is 12.1. The van der Waals surface area contributed by atoms with Crippen LogP contribution < -0.4 is 5.32 Å². The van der Waals surface area contributed by atoms with Crippen LogP contribution in [0, 0.1) is 21.4 Å². The highest BCUT2D eigenvalue weighted by molar-refractivity contribution is 7.16. The third kappa shape index (κ3) is 3.75. The smallest absolute Gasteiger partial charge is 0.269 e. The van der Waals surface area contributed by atoms with Crippen LogP contribution in [0.4, 0.5) is 10.7 Å². The van der Waals surface area contributed by atoms with E-state index in [0.717, 1.165) is 31.2 Å². The zero-order valence-electron chi connectivity index (χ0n) is 13.3. The lowest BCUT2D eigenvalue weighted by Gasteiger charge is -2.09. The number of nitro benzene ring substituents is 1. The van der Waals surface area contributed by atoms with Gasteiger partial charge in [-0.3, -0.25) is 14.9 Å². The van der Waals surface area contributed by atoms with Gasteiger partial charge >= 0.3 is 0 Å². The Morgan fingerprint density at radius 1 is 1.28 bits per heavy atom. The summed E-state index contributed by atoms with van der Waals surface area (Å²) >= 11 is 1.48. The van der Waals surface area contributed by atoms with Crippen molar-refractivity contribution in [2.24, 2.45) is 0 Å². The van der Waals surface area contributed by atoms with Crippen molar-refractivity contribution in [3.63, 3.8) is 0 Å². The molecule has 0 atom stereocenters. The van der Waals surface area contributed by atoms with Crippen LogP contribution in [0.2, 0.25) is 0 Å². The van der Waals surface area contributed by atoms with E-state index in [1.54, 1.807) is 18.2 Å². The summed E-state index contributed by atoms with van der Waals surface area (Å²) < 4.78 is 0. The Morgan fingerprint density at radius 2 is 2.00 bits per heavy atom. The molecule has 1 N–H and O–H groups in total. The number of carbonyl (C=O) groups excluding carboxylic acids is 1. The molecule has 7 heteroatoms. The molecule has 1 heterocycles. The number of nitrogens with one attached hydrogen (secondary N) is 1. The number of anilines is 1. The number of nitriles is 1. The number of nitrogens with zero attached hydrogens (tertiary/aromatic N) is 2. The summed E-state index contributed by atoms with van der Waals surface area (Å²) in [4.78, 5) is 23.5. The van der Waals surface area contributed by atoms with E-state index in [9.17, 15) is 20.2 Å². The van der Waals surface area contributed by atoms with Crippen molar-refractivity contribution in [2.45, 2.75) is 25.7 Å². The fourth-order valence-corrected chi connectivity index (χ4v) is 4.05. The predicted octanol–water partition coefficient (Wildman–Crippen LogP) is 4.06. The Morgan fingerprint density at radius 3 is 2.68 bits per heavy atom. The average Bonchev–Trinajstić information content (AvgIpc) is 2.97. The summed E-state index contributed by atoms with van der Waals surface area (Å²) in [6, 6.07) is 8.13. The van der Waals surface area contributed by atoms with Gasteiger partial charge in [-0.25, -0.2) is 0 Å². The van der Waals surface area contributed by atoms with E-state index in [4.69, 9.17) is 0 Å². The quantitative estimate of drug-likeness (QED) is 0.509. The van der Waals surface area contributed by atoms with Gasteiger partial charge in [-0.1, -0.05) is 0 Å². The van der Waals surface area contributed by atoms with Crippen LogP contribution in [0.1, 0.15) is 34.4 Å². The fourth-order valence-electron chi connectivity index (χ4n) is 2.80. The second-order valence-electron chi connectivity index (χ2n) is 5.70. The first kappa shape index (κ1) is 16.9. The van der Waals surface area contributed by atoms with E-state index in [-0.39, 0.29) is 11.6 Å². The minimum atomic E-state index is -0.470. The largest absolute Gasteiger partial charge is 0.313 e. The molecule has 3 rings (SSSR count). The van der Waals surface area contributed by atoms with Crippen LogP contribution in [0.3, 0.4) is 0 Å². The molecule has 1 amide bonds. The van der Waals surface area contributed by atoms with Crippen molar-refractivity contribution in [2.75, 3.05) is 5.32 Å². The van der Waals surface area contributed by atoms with E-state index in [1.807, 2.05) is 0 Å². The highest BCUT2D eigenvalue weighted by atomic mass is 32.1. The molecule has 0 unspecified atom stereocenters. The molecule has 0 saturated heterocycles. The molecule has 6 nitrogen and oxygen atoms in total. The third-order valence-electron chi connectivity index (χ3n) is 4.05. The Balaban J connectivity index is 1.71. The molecule has 126 valence electrons. The number of carbonyl (C=O) groups is 1. The Labute approximate surface area is 148 Å². The van der Waals surface area contributed by atoms with Crippen LogP contribution in [-0.2, 0) is 17.6 Å². The van der Waals surface area contributed by atoms with Gasteiger partial charge in [0.1, 0.15) is 11.1 Å². The van der Waals surface area contributed by atoms with Gasteiger partial charge in [0, 0.05) is 23.1 Å². The van der Waals surface area contributed by atoms with Crippen LogP contribution >= 0.6 is 11.3 Å². The first-order valence-corrected chi connectivity index (χ1v) is 8.68. The van der Waals surface area contributed by atoms with Crippen molar-refractivity contribution in [3.8, 4) is 6.07 Å². The van der Waals surface area contributed by atoms with Gasteiger partial charge in [0.05, 0.1) is 10.5 Å². The average molecular weight is 353 g/mol. The van der Waals surface area contributed by atoms with Gasteiger partial charge in [0.2, 0.25) is 5.91 Å². The minimum absolute atomic E-state index is 0.00410. The third-order valence-corrected chi connectivity index (χ3v) is 5.26. The van der Waals surface area contributed by atoms with E-state index in [1.165, 1.54) is 34.4 Å². The molecule has 0 saturated carbocycles. The van der Waals surface area contributed by atoms with E-state index in [0.29, 0.717) is 16.1 Å². The number of benzene rings is 1. The molecule has 0 aliphatic heterocycles. The van der Waals surface area contributed by atoms with Crippen molar-refractivity contribution in [3.05, 3.63) is 62.0 Å². The normalized spacial score (nSPS) is 13.2. The maximum absolute atomic E-state index is 12.1. The fraction of sp³-hybridized carbons (Fsp3) is 0.222. The zero-order valence-corrected chi connectivity index (χ0v) is 14.1. The zero-order chi connectivity index (χ0) is 17.8. The number of nitro groups is 1. The second kappa shape index (κ2) is 7.28. The summed E-state index contributed by atoms with van der Waals surface area (Å²) in [7, 11) is 0. The maximum Gasteiger partial charge on any atom is 0.269 e. The number of aryl methyl sites for hydroxylation is 1. The lowest BCUT2D eigenvalue weighted by molar-refractivity contribution is -0.384. The Bertz CT molecular complexity index is 892. The van der Waals surface area contributed by atoms with Crippen LogP contribution in [0.5, 0.6) is 0 Å². The monoisotopic (exact) mass is 353 g/mol. The number of thiophene rings is 1. The molecular formula is C18H15N3O3S. The lowest BCUT2D eigenvalue weighted by atomic mass is 9.96. The van der Waals surface area contributed by atoms with E-state index in [2.05, 4.69) is 11.4 Å². The van der Waals surface area contributed by atoms with Gasteiger partial charge in [0.25, 0.3) is 5.69 Å². The summed E-state index contributed by atoms with van der Waals surface area (Å²) in [6.07, 6.45) is 6.99. The molecule has 25 heavy (non-hydrogen) atoms. The molecule has 1 aliphatic rings. The topological polar surface area (TPSA) is 96.0 Å². The molecular weight excluding hydrogens is 338 g/mol. The summed E-state index contributed by atoms with van der Waals surface area (Å²) in [5.74, 6) is -0.326. The minimum Gasteiger partial charge on any atom is -0.313 e. The second-order valence-corrected chi connectivity index (χ2v) is 6.80. The number of non-ortho nitro benzene ring substituents is 1. The SMILES string of the molecule is N#Cc1c(NC(=O)/C=C/c2ccc([N+](=O)[O-])cc2)sc2c1CCCC2. The molecule has 1 aromatic heterocycles. The molecule has 0 fully saturated rings. The molecule has 2 aromatic rings. The van der Waals surface area contributed by atoms with E-state index >= 15 is 0 Å². The van der Waals surface area contributed by atoms with Gasteiger partial charge in [-0.15, -0.1) is 11.3 Å². The summed E-state index contributed by atoms with van der Waals surface area (Å²) in [5, 5.41) is 23.4. The first-order chi connectivity index (χ1) is 12.1. The number of hydrogen-bond acceptors (Lipinski definition) is 5. The van der Waals surface area contributed by atoms with Gasteiger partial charge < -0.3 is 5.32 Å². The van der Waals surface area contributed by atoms with Crippen LogP contribution in [0.25, 0.3) is 6.08 Å². The number of rotatable bonds is 4. The van der Waals surface area contributed by atoms with Crippen molar-refractivity contribution in [1.82, 2.24) is 0 Å². The Kier molecular flexibility index (Phi) is 4.91. The van der Waals surface area contributed by atoms with Crippen LogP contribution in [0.15, 0.2) is 30.3 Å². The van der Waals surface area contributed by atoms with E-state index < -0.39 is 4.92 Å². The lowest BCUT2D eigenvalue weighted by Crippen LogP contribution is -2.07. The van der Waals surface area contributed by atoms with Crippen molar-refractivity contribution >= 4 is 34.0 Å². The summed E-state index contributed by atoms with van der Waals surface area (Å²) in [6.45, 7) is 0. The number of amides is 1.